The Labute approximate surface area is 118 Å². The Balaban J connectivity index is 0.00000180. The Morgan fingerprint density at radius 1 is 1.53 bits per heavy atom. The van der Waals surface area contributed by atoms with Crippen LogP contribution in [0.2, 0.25) is 0 Å². The van der Waals surface area contributed by atoms with Crippen LogP contribution in [0, 0.1) is 0 Å². The summed E-state index contributed by atoms with van der Waals surface area (Å²) in [5.41, 5.74) is 6.92. The van der Waals surface area contributed by atoms with Crippen molar-refractivity contribution in [2.24, 2.45) is 5.73 Å². The second-order valence-electron chi connectivity index (χ2n) is 4.10. The van der Waals surface area contributed by atoms with Crippen LogP contribution in [0.4, 0.5) is 0 Å². The predicted octanol–water partition coefficient (Wildman–Crippen LogP) is 1.83. The Kier molecular flexibility index (Phi) is 5.44. The standard InChI is InChI=1S/C13H17NO4.ClH/c1-3-17-13(15)12-7-10(14)9-5-4-8(16-2)6-11(9)18-12;/h4-6,10,12H,3,7,14H2,1-2H3;1H/t10-,12-;/m1./s1. The minimum absolute atomic E-state index is 0. The minimum Gasteiger partial charge on any atom is -0.497 e. The van der Waals surface area contributed by atoms with Gasteiger partial charge >= 0.3 is 5.97 Å². The van der Waals surface area contributed by atoms with Gasteiger partial charge in [0.25, 0.3) is 0 Å². The molecule has 106 valence electrons. The first-order chi connectivity index (χ1) is 8.65. The molecule has 0 amide bonds. The third kappa shape index (κ3) is 3.30. The number of carbonyl (C=O) groups is 1. The molecule has 0 bridgehead atoms. The van der Waals surface area contributed by atoms with Crippen LogP contribution >= 0.6 is 12.4 Å². The normalized spacial score (nSPS) is 20.6. The molecule has 0 spiro atoms. The van der Waals surface area contributed by atoms with Crippen LogP contribution in [0.5, 0.6) is 11.5 Å². The van der Waals surface area contributed by atoms with Crippen LogP contribution in [-0.2, 0) is 9.53 Å². The highest BCUT2D eigenvalue weighted by Crippen LogP contribution is 2.36. The zero-order valence-corrected chi connectivity index (χ0v) is 11.7. The van der Waals surface area contributed by atoms with Gasteiger partial charge in [-0.2, -0.15) is 0 Å². The summed E-state index contributed by atoms with van der Waals surface area (Å²) in [4.78, 5) is 11.7. The smallest absolute Gasteiger partial charge is 0.347 e. The summed E-state index contributed by atoms with van der Waals surface area (Å²) in [5, 5.41) is 0. The van der Waals surface area contributed by atoms with Crippen LogP contribution in [0.15, 0.2) is 18.2 Å². The topological polar surface area (TPSA) is 70.8 Å². The van der Waals surface area contributed by atoms with Gasteiger partial charge in [0.1, 0.15) is 11.5 Å². The molecule has 0 radical (unpaired) electrons. The zero-order valence-electron chi connectivity index (χ0n) is 10.9. The van der Waals surface area contributed by atoms with Crippen molar-refractivity contribution in [3.8, 4) is 11.5 Å². The molecule has 0 saturated carbocycles. The lowest BCUT2D eigenvalue weighted by atomic mass is 9.97. The maximum atomic E-state index is 11.7. The molecule has 1 aromatic rings. The van der Waals surface area contributed by atoms with Gasteiger partial charge in [0.15, 0.2) is 6.10 Å². The quantitative estimate of drug-likeness (QED) is 0.859. The molecule has 1 aliphatic rings. The Morgan fingerprint density at radius 2 is 2.26 bits per heavy atom. The summed E-state index contributed by atoms with van der Waals surface area (Å²) in [6.07, 6.45) is -0.211. The van der Waals surface area contributed by atoms with Gasteiger partial charge < -0.3 is 19.9 Å². The second kappa shape index (κ2) is 6.63. The van der Waals surface area contributed by atoms with Gasteiger partial charge in [0, 0.05) is 24.1 Å². The van der Waals surface area contributed by atoms with Gasteiger partial charge in [-0.05, 0) is 13.0 Å². The van der Waals surface area contributed by atoms with E-state index < -0.39 is 6.10 Å². The fourth-order valence-electron chi connectivity index (χ4n) is 1.99. The van der Waals surface area contributed by atoms with E-state index in [4.69, 9.17) is 19.9 Å². The first-order valence-electron chi connectivity index (χ1n) is 5.92. The van der Waals surface area contributed by atoms with Crippen LogP contribution in [0.3, 0.4) is 0 Å². The third-order valence-electron chi connectivity index (χ3n) is 2.91. The third-order valence-corrected chi connectivity index (χ3v) is 2.91. The zero-order chi connectivity index (χ0) is 13.1. The predicted molar refractivity (Wildman–Crippen MR) is 72.8 cm³/mol. The summed E-state index contributed by atoms with van der Waals surface area (Å²) >= 11 is 0. The molecule has 1 aliphatic heterocycles. The van der Waals surface area contributed by atoms with E-state index in [-0.39, 0.29) is 24.4 Å². The fraction of sp³-hybridized carbons (Fsp3) is 0.462. The van der Waals surface area contributed by atoms with E-state index in [0.29, 0.717) is 24.5 Å². The Morgan fingerprint density at radius 3 is 2.89 bits per heavy atom. The number of benzene rings is 1. The average Bonchev–Trinajstić information content (AvgIpc) is 2.38. The van der Waals surface area contributed by atoms with E-state index >= 15 is 0 Å². The number of fused-ring (bicyclic) bond motifs is 1. The molecule has 2 rings (SSSR count). The lowest BCUT2D eigenvalue weighted by Gasteiger charge is -2.29. The van der Waals surface area contributed by atoms with Crippen molar-refractivity contribution in [1.29, 1.82) is 0 Å². The second-order valence-corrected chi connectivity index (χ2v) is 4.10. The number of methoxy groups -OCH3 is 1. The molecule has 0 unspecified atom stereocenters. The van der Waals surface area contributed by atoms with Gasteiger partial charge in [-0.1, -0.05) is 6.07 Å². The van der Waals surface area contributed by atoms with E-state index in [1.807, 2.05) is 12.1 Å². The molecule has 0 aliphatic carbocycles. The summed E-state index contributed by atoms with van der Waals surface area (Å²) in [5.74, 6) is 0.887. The SMILES string of the molecule is CCOC(=O)[C@H]1C[C@@H](N)c2ccc(OC)cc2O1.Cl. The van der Waals surface area contributed by atoms with Crippen molar-refractivity contribution in [1.82, 2.24) is 0 Å². The number of carbonyl (C=O) groups excluding carboxylic acids is 1. The summed E-state index contributed by atoms with van der Waals surface area (Å²) < 4.78 is 15.7. The van der Waals surface area contributed by atoms with Crippen LogP contribution in [-0.4, -0.2) is 25.8 Å². The molecule has 0 saturated heterocycles. The van der Waals surface area contributed by atoms with Crippen molar-refractivity contribution >= 4 is 18.4 Å². The molecule has 19 heavy (non-hydrogen) atoms. The molecule has 1 aromatic carbocycles. The number of esters is 1. The summed E-state index contributed by atoms with van der Waals surface area (Å²) in [6.45, 7) is 2.09. The van der Waals surface area contributed by atoms with Gasteiger partial charge in [0.2, 0.25) is 0 Å². The van der Waals surface area contributed by atoms with Gasteiger partial charge in [-0.15, -0.1) is 12.4 Å². The Bertz CT molecular complexity index is 452. The molecular formula is C13H18ClNO4. The van der Waals surface area contributed by atoms with E-state index in [2.05, 4.69) is 0 Å². The van der Waals surface area contributed by atoms with Crippen molar-refractivity contribution in [2.45, 2.75) is 25.5 Å². The lowest BCUT2D eigenvalue weighted by molar-refractivity contribution is -0.152. The van der Waals surface area contributed by atoms with Crippen LogP contribution < -0.4 is 15.2 Å². The van der Waals surface area contributed by atoms with E-state index in [0.717, 1.165) is 5.56 Å². The monoisotopic (exact) mass is 287 g/mol. The number of ether oxygens (including phenoxy) is 3. The number of hydrogen-bond acceptors (Lipinski definition) is 5. The highest BCUT2D eigenvalue weighted by atomic mass is 35.5. The number of rotatable bonds is 3. The highest BCUT2D eigenvalue weighted by molar-refractivity contribution is 5.85. The van der Waals surface area contributed by atoms with Gasteiger partial charge in [0.05, 0.1) is 13.7 Å². The number of nitrogens with two attached hydrogens (primary N) is 1. The van der Waals surface area contributed by atoms with Gasteiger partial charge in [-0.25, -0.2) is 4.79 Å². The molecule has 6 heteroatoms. The Hall–Kier alpha value is -1.46. The van der Waals surface area contributed by atoms with Crippen LogP contribution in [0.1, 0.15) is 24.9 Å². The maximum Gasteiger partial charge on any atom is 0.347 e. The maximum absolute atomic E-state index is 11.7. The first-order valence-corrected chi connectivity index (χ1v) is 5.92. The first kappa shape index (κ1) is 15.6. The van der Waals surface area contributed by atoms with Crippen molar-refractivity contribution in [3.05, 3.63) is 23.8 Å². The van der Waals surface area contributed by atoms with E-state index in [1.54, 1.807) is 20.1 Å². The summed E-state index contributed by atoms with van der Waals surface area (Å²) in [6, 6.07) is 5.20. The lowest BCUT2D eigenvalue weighted by Crippen LogP contribution is -2.36. The van der Waals surface area contributed by atoms with Crippen molar-refractivity contribution < 1.29 is 19.0 Å². The van der Waals surface area contributed by atoms with E-state index in [1.165, 1.54) is 0 Å². The average molecular weight is 288 g/mol. The van der Waals surface area contributed by atoms with Crippen LogP contribution in [0.25, 0.3) is 0 Å². The molecule has 5 nitrogen and oxygen atoms in total. The molecule has 2 atom stereocenters. The fourth-order valence-corrected chi connectivity index (χ4v) is 1.99. The summed E-state index contributed by atoms with van der Waals surface area (Å²) in [7, 11) is 1.58. The number of hydrogen-bond donors (Lipinski definition) is 1. The largest absolute Gasteiger partial charge is 0.497 e. The van der Waals surface area contributed by atoms with Gasteiger partial charge in [-0.3, -0.25) is 0 Å². The minimum atomic E-state index is -0.639. The molecule has 0 aromatic heterocycles. The molecule has 0 fully saturated rings. The molecule has 2 N–H and O–H groups in total. The highest BCUT2D eigenvalue weighted by Gasteiger charge is 2.32. The molecule has 1 heterocycles. The number of halogens is 1. The van der Waals surface area contributed by atoms with Crippen molar-refractivity contribution in [3.63, 3.8) is 0 Å². The molecular weight excluding hydrogens is 270 g/mol. The van der Waals surface area contributed by atoms with E-state index in [9.17, 15) is 4.79 Å². The van der Waals surface area contributed by atoms with Crippen molar-refractivity contribution in [2.75, 3.05) is 13.7 Å².